The zero-order chi connectivity index (χ0) is 13.9. The summed E-state index contributed by atoms with van der Waals surface area (Å²) in [6, 6.07) is 4.23. The Labute approximate surface area is 108 Å². The number of alkyl halides is 3. The minimum Gasteiger partial charge on any atom is -0.508 e. The summed E-state index contributed by atoms with van der Waals surface area (Å²) in [5.74, 6) is -0.0599. The lowest BCUT2D eigenvalue weighted by atomic mass is 10.2. The third-order valence-electron chi connectivity index (χ3n) is 2.79. The Hall–Kier alpha value is -1.63. The predicted molar refractivity (Wildman–Crippen MR) is 64.7 cm³/mol. The Balaban J connectivity index is 2.17. The van der Waals surface area contributed by atoms with Gasteiger partial charge >= 0.3 is 6.18 Å². The number of halogens is 3. The van der Waals surface area contributed by atoms with Crippen LogP contribution in [-0.4, -0.2) is 44.1 Å². The lowest BCUT2D eigenvalue weighted by Gasteiger charge is -2.30. The number of anilines is 1. The molecule has 1 heterocycles. The minimum atomic E-state index is -4.40. The molecule has 0 spiro atoms. The second kappa shape index (κ2) is 5.56. The average molecular weight is 276 g/mol. The van der Waals surface area contributed by atoms with E-state index in [4.69, 9.17) is 4.74 Å². The first-order chi connectivity index (χ1) is 8.96. The van der Waals surface area contributed by atoms with Crippen LogP contribution in [0.25, 0.3) is 0 Å². The fraction of sp³-hybridized carbons (Fsp3) is 0.500. The summed E-state index contributed by atoms with van der Waals surface area (Å²) >= 11 is 0. The Morgan fingerprint density at radius 3 is 2.58 bits per heavy atom. The standard InChI is InChI=1S/C12H15F3N2O2/c13-12(14,15)8-19-11-7-9(18)1-2-10(11)17-5-3-16-4-6-17/h1-2,7,16,18H,3-6,8H2. The van der Waals surface area contributed by atoms with Crippen LogP contribution in [0.3, 0.4) is 0 Å². The van der Waals surface area contributed by atoms with Crippen molar-refractivity contribution < 1.29 is 23.0 Å². The van der Waals surface area contributed by atoms with Crippen LogP contribution in [0.5, 0.6) is 11.5 Å². The molecule has 0 radical (unpaired) electrons. The third-order valence-corrected chi connectivity index (χ3v) is 2.79. The summed E-state index contributed by atoms with van der Waals surface area (Å²) in [5, 5.41) is 12.5. The first kappa shape index (κ1) is 13.8. The number of hydrogen-bond donors (Lipinski definition) is 2. The first-order valence-electron chi connectivity index (χ1n) is 5.94. The lowest BCUT2D eigenvalue weighted by Crippen LogP contribution is -2.43. The maximum absolute atomic E-state index is 12.2. The first-order valence-corrected chi connectivity index (χ1v) is 5.94. The fourth-order valence-electron chi connectivity index (χ4n) is 1.94. The van der Waals surface area contributed by atoms with Crippen molar-refractivity contribution in [3.05, 3.63) is 18.2 Å². The van der Waals surface area contributed by atoms with Gasteiger partial charge in [-0.05, 0) is 12.1 Å². The van der Waals surface area contributed by atoms with Gasteiger partial charge in [-0.15, -0.1) is 0 Å². The van der Waals surface area contributed by atoms with E-state index in [1.165, 1.54) is 12.1 Å². The van der Waals surface area contributed by atoms with Gasteiger partial charge in [-0.25, -0.2) is 0 Å². The largest absolute Gasteiger partial charge is 0.508 e. The monoisotopic (exact) mass is 276 g/mol. The second-order valence-corrected chi connectivity index (χ2v) is 4.29. The van der Waals surface area contributed by atoms with E-state index in [9.17, 15) is 18.3 Å². The molecule has 0 atom stereocenters. The number of phenolic OH excluding ortho intramolecular Hbond substituents is 1. The van der Waals surface area contributed by atoms with Crippen LogP contribution in [0.15, 0.2) is 18.2 Å². The van der Waals surface area contributed by atoms with Gasteiger partial charge in [-0.2, -0.15) is 13.2 Å². The number of phenols is 1. The van der Waals surface area contributed by atoms with E-state index >= 15 is 0 Å². The molecule has 1 aliphatic rings. The average Bonchev–Trinajstić information content (AvgIpc) is 2.37. The third kappa shape index (κ3) is 3.92. The van der Waals surface area contributed by atoms with E-state index in [0.29, 0.717) is 18.8 Å². The highest BCUT2D eigenvalue weighted by molar-refractivity contribution is 5.61. The number of hydrogen-bond acceptors (Lipinski definition) is 4. The van der Waals surface area contributed by atoms with Crippen molar-refractivity contribution in [2.24, 2.45) is 0 Å². The van der Waals surface area contributed by atoms with Gasteiger partial charge in [-0.1, -0.05) is 0 Å². The fourth-order valence-corrected chi connectivity index (χ4v) is 1.94. The Morgan fingerprint density at radius 1 is 1.26 bits per heavy atom. The molecule has 1 aromatic rings. The Morgan fingerprint density at radius 2 is 1.95 bits per heavy atom. The van der Waals surface area contributed by atoms with Crippen LogP contribution in [0, 0.1) is 0 Å². The molecule has 2 N–H and O–H groups in total. The SMILES string of the molecule is Oc1ccc(N2CCNCC2)c(OCC(F)(F)F)c1. The molecule has 7 heteroatoms. The molecule has 0 amide bonds. The normalized spacial score (nSPS) is 16.5. The number of ether oxygens (including phenoxy) is 1. The zero-order valence-corrected chi connectivity index (χ0v) is 10.2. The van der Waals surface area contributed by atoms with Crippen molar-refractivity contribution in [2.75, 3.05) is 37.7 Å². The van der Waals surface area contributed by atoms with Gasteiger partial charge in [0.25, 0.3) is 0 Å². The van der Waals surface area contributed by atoms with Crippen LogP contribution in [0.4, 0.5) is 18.9 Å². The Kier molecular flexibility index (Phi) is 4.04. The summed E-state index contributed by atoms with van der Waals surface area (Å²) in [7, 11) is 0. The van der Waals surface area contributed by atoms with E-state index < -0.39 is 12.8 Å². The molecular weight excluding hydrogens is 261 g/mol. The van der Waals surface area contributed by atoms with E-state index in [-0.39, 0.29) is 11.5 Å². The molecule has 2 rings (SSSR count). The van der Waals surface area contributed by atoms with E-state index in [1.54, 1.807) is 6.07 Å². The number of rotatable bonds is 3. The molecule has 1 aromatic carbocycles. The zero-order valence-electron chi connectivity index (χ0n) is 10.2. The maximum atomic E-state index is 12.2. The molecule has 0 saturated carbocycles. The molecule has 0 unspecified atom stereocenters. The summed E-state index contributed by atoms with van der Waals surface area (Å²) in [6.07, 6.45) is -4.40. The topological polar surface area (TPSA) is 44.7 Å². The molecule has 0 aromatic heterocycles. The van der Waals surface area contributed by atoms with Gasteiger partial charge in [0.1, 0.15) is 11.5 Å². The van der Waals surface area contributed by atoms with Gasteiger partial charge < -0.3 is 20.1 Å². The summed E-state index contributed by atoms with van der Waals surface area (Å²) < 4.78 is 41.4. The van der Waals surface area contributed by atoms with Crippen molar-refractivity contribution in [1.82, 2.24) is 5.32 Å². The predicted octanol–water partition coefficient (Wildman–Crippen LogP) is 1.74. The number of piperazine rings is 1. The van der Waals surface area contributed by atoms with Gasteiger partial charge in [-0.3, -0.25) is 0 Å². The summed E-state index contributed by atoms with van der Waals surface area (Å²) in [5.41, 5.74) is 0.573. The molecule has 106 valence electrons. The van der Waals surface area contributed by atoms with Crippen LogP contribution in [-0.2, 0) is 0 Å². The van der Waals surface area contributed by atoms with Crippen molar-refractivity contribution >= 4 is 5.69 Å². The summed E-state index contributed by atoms with van der Waals surface area (Å²) in [4.78, 5) is 1.93. The van der Waals surface area contributed by atoms with E-state index in [1.807, 2.05) is 4.90 Å². The summed E-state index contributed by atoms with van der Waals surface area (Å²) in [6.45, 7) is 1.54. The molecule has 4 nitrogen and oxygen atoms in total. The van der Waals surface area contributed by atoms with Crippen LogP contribution >= 0.6 is 0 Å². The lowest BCUT2D eigenvalue weighted by molar-refractivity contribution is -0.153. The molecular formula is C12H15F3N2O2. The van der Waals surface area contributed by atoms with Crippen LogP contribution < -0.4 is 15.0 Å². The number of benzene rings is 1. The van der Waals surface area contributed by atoms with Gasteiger partial charge in [0.15, 0.2) is 6.61 Å². The van der Waals surface area contributed by atoms with E-state index in [2.05, 4.69) is 5.32 Å². The van der Waals surface area contributed by atoms with E-state index in [0.717, 1.165) is 13.1 Å². The van der Waals surface area contributed by atoms with Gasteiger partial charge in [0.05, 0.1) is 5.69 Å². The van der Waals surface area contributed by atoms with Crippen LogP contribution in [0.2, 0.25) is 0 Å². The van der Waals surface area contributed by atoms with Crippen molar-refractivity contribution in [1.29, 1.82) is 0 Å². The van der Waals surface area contributed by atoms with Gasteiger partial charge in [0, 0.05) is 32.2 Å². The molecule has 19 heavy (non-hydrogen) atoms. The second-order valence-electron chi connectivity index (χ2n) is 4.29. The van der Waals surface area contributed by atoms with Crippen molar-refractivity contribution in [3.63, 3.8) is 0 Å². The van der Waals surface area contributed by atoms with Crippen LogP contribution in [0.1, 0.15) is 0 Å². The molecule has 0 aliphatic carbocycles. The molecule has 1 aliphatic heterocycles. The molecule has 0 bridgehead atoms. The quantitative estimate of drug-likeness (QED) is 0.882. The minimum absolute atomic E-state index is 0.0548. The number of nitrogens with zero attached hydrogens (tertiary/aromatic N) is 1. The maximum Gasteiger partial charge on any atom is 0.422 e. The highest BCUT2D eigenvalue weighted by atomic mass is 19.4. The van der Waals surface area contributed by atoms with Gasteiger partial charge in [0.2, 0.25) is 0 Å². The number of nitrogens with one attached hydrogen (secondary N) is 1. The highest BCUT2D eigenvalue weighted by Gasteiger charge is 2.29. The van der Waals surface area contributed by atoms with Crippen molar-refractivity contribution in [2.45, 2.75) is 6.18 Å². The molecule has 1 fully saturated rings. The number of aromatic hydroxyl groups is 1. The highest BCUT2D eigenvalue weighted by Crippen LogP contribution is 2.33. The van der Waals surface area contributed by atoms with Crippen molar-refractivity contribution in [3.8, 4) is 11.5 Å². The smallest absolute Gasteiger partial charge is 0.422 e. The molecule has 1 saturated heterocycles. The Bertz CT molecular complexity index is 431.